The van der Waals surface area contributed by atoms with Gasteiger partial charge >= 0.3 is 0 Å². The van der Waals surface area contributed by atoms with Crippen LogP contribution in [0.3, 0.4) is 0 Å². The lowest BCUT2D eigenvalue weighted by molar-refractivity contribution is -0.114. The van der Waals surface area contributed by atoms with Crippen molar-refractivity contribution in [2.24, 2.45) is 0 Å². The molecule has 0 fully saturated rings. The summed E-state index contributed by atoms with van der Waals surface area (Å²) in [5.41, 5.74) is 2.11. The van der Waals surface area contributed by atoms with Crippen LogP contribution in [0.5, 0.6) is 5.75 Å². The number of fused-ring (bicyclic) bond motifs is 1. The van der Waals surface area contributed by atoms with Crippen molar-refractivity contribution in [3.05, 3.63) is 65.2 Å². The van der Waals surface area contributed by atoms with Crippen molar-refractivity contribution >= 4 is 44.5 Å². The highest BCUT2D eigenvalue weighted by atomic mass is 35.5. The minimum absolute atomic E-state index is 0.150. The molecular formula is C21H16ClNO3S. The van der Waals surface area contributed by atoms with Gasteiger partial charge in [0.25, 0.3) is 5.91 Å². The Morgan fingerprint density at radius 3 is 2.67 bits per heavy atom. The van der Waals surface area contributed by atoms with Crippen LogP contribution in [0.15, 0.2) is 48.5 Å². The van der Waals surface area contributed by atoms with Crippen LogP contribution in [-0.4, -0.2) is 39.6 Å². The predicted octanol–water partition coefficient (Wildman–Crippen LogP) is 3.17. The average Bonchev–Trinajstić information content (AvgIpc) is 2.96. The molecule has 0 aromatic heterocycles. The molecule has 0 N–H and O–H groups in total. The van der Waals surface area contributed by atoms with Crippen LogP contribution in [0.2, 0.25) is 0 Å². The molecule has 0 spiro atoms. The first-order chi connectivity index (χ1) is 13.1. The zero-order valence-electron chi connectivity index (χ0n) is 14.4. The van der Waals surface area contributed by atoms with Crippen LogP contribution in [0, 0.1) is 12.3 Å². The highest BCUT2D eigenvalue weighted by molar-refractivity contribution is 7.96. The van der Waals surface area contributed by atoms with Crippen LogP contribution < -0.4 is 4.74 Å². The molecule has 0 saturated heterocycles. The average molecular weight is 398 g/mol. The van der Waals surface area contributed by atoms with E-state index in [1.54, 1.807) is 30.3 Å². The van der Waals surface area contributed by atoms with Gasteiger partial charge in [0, 0.05) is 12.0 Å². The Morgan fingerprint density at radius 1 is 1.26 bits per heavy atom. The Balaban J connectivity index is 1.94. The quantitative estimate of drug-likeness (QED) is 0.427. The Labute approximate surface area is 166 Å². The smallest absolute Gasteiger partial charge is 0.260 e. The molecule has 0 aliphatic carbocycles. The second kappa shape index (κ2) is 8.26. The SMILES string of the molecule is C#CCOc1cccc(CC(C(=O)Cl)N2C(=O)c3ccccc3C2=S=C)c1. The number of hydrogen-bond acceptors (Lipinski definition) is 3. The van der Waals surface area contributed by atoms with Gasteiger partial charge in [0.05, 0.1) is 5.56 Å². The Kier molecular flexibility index (Phi) is 5.80. The summed E-state index contributed by atoms with van der Waals surface area (Å²) < 4.78 is 5.42. The standard InChI is InChI=1S/C21H16ClNO3S/c1-3-11-26-15-8-6-7-14(12-15)13-18(19(22)24)23-20(25)16-9-4-5-10-17(16)21(23)27-2/h1,4-10,12,18H,2,11,13H2. The van der Waals surface area contributed by atoms with Gasteiger partial charge in [-0.25, -0.2) is 0 Å². The van der Waals surface area contributed by atoms with Gasteiger partial charge in [-0.15, -0.1) is 17.4 Å². The second-order valence-electron chi connectivity index (χ2n) is 5.83. The molecule has 1 unspecified atom stereocenters. The fourth-order valence-corrected chi connectivity index (χ4v) is 3.88. The summed E-state index contributed by atoms with van der Waals surface area (Å²) in [6.07, 6.45) is 5.46. The summed E-state index contributed by atoms with van der Waals surface area (Å²) in [5.74, 6) is 6.59. The number of hydrogen-bond donors (Lipinski definition) is 0. The molecule has 1 aliphatic heterocycles. The maximum atomic E-state index is 12.9. The molecule has 1 atom stereocenters. The molecule has 3 rings (SSSR count). The van der Waals surface area contributed by atoms with Gasteiger partial charge in [0.2, 0.25) is 5.24 Å². The van der Waals surface area contributed by atoms with Gasteiger partial charge in [-0.05, 0) is 41.2 Å². The Hall–Kier alpha value is -2.81. The highest BCUT2D eigenvalue weighted by Gasteiger charge is 2.39. The maximum absolute atomic E-state index is 12.9. The fourth-order valence-electron chi connectivity index (χ4n) is 3.02. The van der Waals surface area contributed by atoms with E-state index in [9.17, 15) is 9.59 Å². The topological polar surface area (TPSA) is 46.6 Å². The van der Waals surface area contributed by atoms with E-state index in [2.05, 4.69) is 11.8 Å². The summed E-state index contributed by atoms with van der Waals surface area (Å²) in [4.78, 5) is 27.2. The number of halogens is 1. The van der Waals surface area contributed by atoms with E-state index in [0.717, 1.165) is 11.1 Å². The van der Waals surface area contributed by atoms with E-state index in [4.69, 9.17) is 22.8 Å². The molecule has 4 nitrogen and oxygen atoms in total. The zero-order valence-corrected chi connectivity index (χ0v) is 15.9. The lowest BCUT2D eigenvalue weighted by atomic mass is 10.1. The third kappa shape index (κ3) is 3.82. The highest BCUT2D eigenvalue weighted by Crippen LogP contribution is 2.28. The molecular weight excluding hydrogens is 382 g/mol. The van der Waals surface area contributed by atoms with Gasteiger partial charge in [0.1, 0.15) is 23.4 Å². The predicted molar refractivity (Wildman–Crippen MR) is 111 cm³/mol. The van der Waals surface area contributed by atoms with E-state index >= 15 is 0 Å². The summed E-state index contributed by atoms with van der Waals surface area (Å²) >= 11 is 5.89. The van der Waals surface area contributed by atoms with Crippen LogP contribution >= 0.6 is 22.5 Å². The summed E-state index contributed by atoms with van der Waals surface area (Å²) in [6.45, 7) is 0.150. The van der Waals surface area contributed by atoms with Crippen molar-refractivity contribution in [3.63, 3.8) is 0 Å². The third-order valence-electron chi connectivity index (χ3n) is 4.19. The first-order valence-electron chi connectivity index (χ1n) is 8.13. The number of benzene rings is 2. The molecule has 1 amide bonds. The number of carbonyl (C=O) groups excluding carboxylic acids is 2. The van der Waals surface area contributed by atoms with E-state index in [1.165, 1.54) is 15.8 Å². The molecule has 1 aliphatic rings. The number of amides is 1. The first kappa shape index (κ1) is 19.0. The van der Waals surface area contributed by atoms with Crippen molar-refractivity contribution in [2.75, 3.05) is 6.61 Å². The summed E-state index contributed by atoms with van der Waals surface area (Å²) in [7, 11) is 1.17. The minimum Gasteiger partial charge on any atom is -0.481 e. The zero-order chi connectivity index (χ0) is 19.4. The summed E-state index contributed by atoms with van der Waals surface area (Å²) in [5, 5.41) is -0.613. The van der Waals surface area contributed by atoms with Crippen molar-refractivity contribution in [3.8, 4) is 18.1 Å². The van der Waals surface area contributed by atoms with Gasteiger partial charge in [-0.2, -0.15) is 0 Å². The molecule has 0 bridgehead atoms. The number of rotatable bonds is 6. The number of ether oxygens (including phenoxy) is 1. The lowest BCUT2D eigenvalue weighted by Gasteiger charge is -2.25. The van der Waals surface area contributed by atoms with Gasteiger partial charge < -0.3 is 4.74 Å². The molecule has 27 heavy (non-hydrogen) atoms. The van der Waals surface area contributed by atoms with Crippen molar-refractivity contribution in [1.82, 2.24) is 4.90 Å². The van der Waals surface area contributed by atoms with Gasteiger partial charge in [0.15, 0.2) is 0 Å². The van der Waals surface area contributed by atoms with Crippen molar-refractivity contribution < 1.29 is 14.3 Å². The molecule has 1 heterocycles. The monoisotopic (exact) mass is 397 g/mol. The van der Waals surface area contributed by atoms with Crippen molar-refractivity contribution in [1.29, 1.82) is 0 Å². The Morgan fingerprint density at radius 2 is 2.00 bits per heavy atom. The third-order valence-corrected chi connectivity index (χ3v) is 5.13. The Bertz CT molecular complexity index is 1000. The fraction of sp³-hybridized carbons (Fsp3) is 0.143. The van der Waals surface area contributed by atoms with E-state index in [-0.39, 0.29) is 18.9 Å². The molecule has 0 saturated carbocycles. The van der Waals surface area contributed by atoms with Crippen LogP contribution in [0.1, 0.15) is 21.5 Å². The molecule has 0 radical (unpaired) electrons. The van der Waals surface area contributed by atoms with E-state index in [0.29, 0.717) is 16.3 Å². The normalized spacial score (nSPS) is 13.7. The summed E-state index contributed by atoms with van der Waals surface area (Å²) in [6, 6.07) is 13.6. The van der Waals surface area contributed by atoms with Crippen LogP contribution in [0.25, 0.3) is 0 Å². The molecule has 136 valence electrons. The number of carbonyl (C=O) groups is 2. The second-order valence-corrected chi connectivity index (χ2v) is 6.88. The molecule has 2 aromatic rings. The minimum atomic E-state index is -0.848. The number of terminal acetylenes is 1. The molecule has 6 heteroatoms. The first-order valence-corrected chi connectivity index (χ1v) is 9.49. The maximum Gasteiger partial charge on any atom is 0.260 e. The van der Waals surface area contributed by atoms with E-state index in [1.807, 2.05) is 18.2 Å². The van der Waals surface area contributed by atoms with Crippen LogP contribution in [-0.2, 0) is 11.2 Å². The van der Waals surface area contributed by atoms with Gasteiger partial charge in [-0.3, -0.25) is 14.5 Å². The largest absolute Gasteiger partial charge is 0.481 e. The van der Waals surface area contributed by atoms with Crippen LogP contribution in [0.4, 0.5) is 0 Å². The van der Waals surface area contributed by atoms with Crippen molar-refractivity contribution in [2.45, 2.75) is 12.5 Å². The van der Waals surface area contributed by atoms with E-state index < -0.39 is 11.3 Å². The van der Waals surface area contributed by atoms with Gasteiger partial charge in [-0.1, -0.05) is 36.3 Å². The lowest BCUT2D eigenvalue weighted by Crippen LogP contribution is -2.44. The molecule has 2 aromatic carbocycles. The number of nitrogens with zero attached hydrogens (tertiary/aromatic N) is 1.